The summed E-state index contributed by atoms with van der Waals surface area (Å²) in [5.74, 6) is 0. The van der Waals surface area contributed by atoms with Gasteiger partial charge in [0.2, 0.25) is 0 Å². The predicted octanol–water partition coefficient (Wildman–Crippen LogP) is 2.28. The zero-order valence-corrected chi connectivity index (χ0v) is 12.1. The van der Waals surface area contributed by atoms with E-state index in [1.165, 1.54) is 23.1 Å². The molecular formula is C16H25NO2. The molecule has 2 rings (SSSR count). The molecule has 0 radical (unpaired) electrons. The molecule has 0 bridgehead atoms. The van der Waals surface area contributed by atoms with Crippen molar-refractivity contribution in [1.29, 1.82) is 0 Å². The number of rotatable bonds is 5. The van der Waals surface area contributed by atoms with Gasteiger partial charge in [-0.05, 0) is 49.9 Å². The van der Waals surface area contributed by atoms with Crippen LogP contribution in [0.5, 0.6) is 0 Å². The Hall–Kier alpha value is -0.900. The van der Waals surface area contributed by atoms with E-state index >= 15 is 0 Å². The molecule has 0 spiro atoms. The molecule has 1 N–H and O–H groups in total. The number of nitrogens with zero attached hydrogens (tertiary/aromatic N) is 1. The van der Waals surface area contributed by atoms with Gasteiger partial charge in [0.15, 0.2) is 0 Å². The summed E-state index contributed by atoms with van der Waals surface area (Å²) in [6, 6.07) is 6.50. The van der Waals surface area contributed by atoms with Gasteiger partial charge < -0.3 is 9.84 Å². The van der Waals surface area contributed by atoms with E-state index in [-0.39, 0.29) is 12.7 Å². The number of aryl methyl sites for hydroxylation is 2. The molecular weight excluding hydrogens is 238 g/mol. The van der Waals surface area contributed by atoms with Crippen LogP contribution in [0, 0.1) is 13.8 Å². The van der Waals surface area contributed by atoms with E-state index < -0.39 is 0 Å². The van der Waals surface area contributed by atoms with E-state index in [1.54, 1.807) is 0 Å². The highest BCUT2D eigenvalue weighted by Gasteiger charge is 2.21. The van der Waals surface area contributed by atoms with E-state index in [9.17, 15) is 0 Å². The average Bonchev–Trinajstić information content (AvgIpc) is 2.41. The van der Waals surface area contributed by atoms with Crippen LogP contribution in [0.15, 0.2) is 18.2 Å². The van der Waals surface area contributed by atoms with Crippen LogP contribution in [-0.4, -0.2) is 42.4 Å². The summed E-state index contributed by atoms with van der Waals surface area (Å²) < 4.78 is 5.67. The predicted molar refractivity (Wildman–Crippen MR) is 77.3 cm³/mol. The quantitative estimate of drug-likeness (QED) is 0.884. The lowest BCUT2D eigenvalue weighted by atomic mass is 10.0. The average molecular weight is 263 g/mol. The van der Waals surface area contributed by atoms with Gasteiger partial charge in [-0.3, -0.25) is 4.90 Å². The van der Waals surface area contributed by atoms with E-state index in [1.807, 2.05) is 0 Å². The summed E-state index contributed by atoms with van der Waals surface area (Å²) in [6.07, 6.45) is 2.58. The largest absolute Gasteiger partial charge is 0.394 e. The molecule has 0 saturated carbocycles. The zero-order chi connectivity index (χ0) is 13.7. The summed E-state index contributed by atoms with van der Waals surface area (Å²) in [6.45, 7) is 8.09. The van der Waals surface area contributed by atoms with Gasteiger partial charge in [0.25, 0.3) is 0 Å². The van der Waals surface area contributed by atoms with Crippen LogP contribution in [0.25, 0.3) is 0 Å². The fraction of sp³-hybridized carbons (Fsp3) is 0.625. The number of hydrogen-bond acceptors (Lipinski definition) is 3. The third kappa shape index (κ3) is 4.03. The van der Waals surface area contributed by atoms with Gasteiger partial charge in [-0.2, -0.15) is 0 Å². The van der Waals surface area contributed by atoms with Crippen LogP contribution in [0.3, 0.4) is 0 Å². The maximum Gasteiger partial charge on any atom is 0.0703 e. The molecule has 1 atom stereocenters. The number of hydrogen-bond donors (Lipinski definition) is 1. The van der Waals surface area contributed by atoms with Crippen molar-refractivity contribution in [1.82, 2.24) is 4.90 Å². The first-order chi connectivity index (χ1) is 9.20. The molecule has 1 aromatic rings. The summed E-state index contributed by atoms with van der Waals surface area (Å²) in [4.78, 5) is 2.47. The van der Waals surface area contributed by atoms with E-state index in [0.717, 1.165) is 26.1 Å². The molecule has 0 amide bonds. The molecule has 1 saturated heterocycles. The highest BCUT2D eigenvalue weighted by Crippen LogP contribution is 2.20. The van der Waals surface area contributed by atoms with Crippen LogP contribution < -0.4 is 0 Å². The van der Waals surface area contributed by atoms with E-state index in [4.69, 9.17) is 9.84 Å². The van der Waals surface area contributed by atoms with Crippen LogP contribution >= 0.6 is 0 Å². The van der Waals surface area contributed by atoms with Crippen molar-refractivity contribution in [2.24, 2.45) is 0 Å². The second-order valence-corrected chi connectivity index (χ2v) is 5.46. The Balaban J connectivity index is 1.95. The number of aliphatic hydroxyl groups is 1. The molecule has 1 fully saturated rings. The van der Waals surface area contributed by atoms with Crippen LogP contribution in [0.4, 0.5) is 0 Å². The molecule has 1 aromatic carbocycles. The second-order valence-electron chi connectivity index (χ2n) is 5.46. The molecule has 106 valence electrons. The molecule has 1 aliphatic rings. The molecule has 19 heavy (non-hydrogen) atoms. The standard InChI is InChI=1S/C16H25NO2/c1-13-5-3-6-14(2)16(13)12-17-8-4-7-15(11-17)19-10-9-18/h3,5-6,15,18H,4,7-12H2,1-2H3/t15-/m0/s1. The number of ether oxygens (including phenoxy) is 1. The van der Waals surface area contributed by atoms with Crippen molar-refractivity contribution in [3.8, 4) is 0 Å². The Bertz CT molecular complexity index is 385. The molecule has 1 heterocycles. The van der Waals surface area contributed by atoms with Crippen LogP contribution in [-0.2, 0) is 11.3 Å². The minimum atomic E-state index is 0.118. The van der Waals surface area contributed by atoms with Crippen molar-refractivity contribution in [2.75, 3.05) is 26.3 Å². The minimum Gasteiger partial charge on any atom is -0.394 e. The Morgan fingerprint density at radius 3 is 2.74 bits per heavy atom. The Labute approximate surface area is 116 Å². The maximum atomic E-state index is 8.83. The first kappa shape index (κ1) is 14.5. The zero-order valence-electron chi connectivity index (χ0n) is 12.1. The van der Waals surface area contributed by atoms with Gasteiger partial charge in [0.1, 0.15) is 0 Å². The SMILES string of the molecule is Cc1cccc(C)c1CN1CCC[C@H](OCCO)C1. The van der Waals surface area contributed by atoms with Gasteiger partial charge in [-0.15, -0.1) is 0 Å². The summed E-state index contributed by atoms with van der Waals surface area (Å²) in [5, 5.41) is 8.83. The normalized spacial score (nSPS) is 20.7. The lowest BCUT2D eigenvalue weighted by Crippen LogP contribution is -2.39. The van der Waals surface area contributed by atoms with Gasteiger partial charge in [-0.1, -0.05) is 18.2 Å². The number of aliphatic hydroxyl groups excluding tert-OH is 1. The third-order valence-electron chi connectivity index (χ3n) is 3.93. The number of benzene rings is 1. The highest BCUT2D eigenvalue weighted by atomic mass is 16.5. The Kier molecular flexibility index (Phi) is 5.37. The molecule has 1 aliphatic heterocycles. The van der Waals surface area contributed by atoms with Crippen molar-refractivity contribution >= 4 is 0 Å². The Morgan fingerprint density at radius 2 is 2.05 bits per heavy atom. The third-order valence-corrected chi connectivity index (χ3v) is 3.93. The monoisotopic (exact) mass is 263 g/mol. The minimum absolute atomic E-state index is 0.118. The first-order valence-electron chi connectivity index (χ1n) is 7.20. The molecule has 0 aliphatic carbocycles. The van der Waals surface area contributed by atoms with Crippen molar-refractivity contribution < 1.29 is 9.84 Å². The van der Waals surface area contributed by atoms with Crippen molar-refractivity contribution in [3.05, 3.63) is 34.9 Å². The number of likely N-dealkylation sites (tertiary alicyclic amines) is 1. The number of piperidine rings is 1. The summed E-state index contributed by atoms with van der Waals surface area (Å²) >= 11 is 0. The molecule has 3 heteroatoms. The van der Waals surface area contributed by atoms with Crippen molar-refractivity contribution in [3.63, 3.8) is 0 Å². The van der Waals surface area contributed by atoms with Gasteiger partial charge in [0, 0.05) is 13.1 Å². The maximum absolute atomic E-state index is 8.83. The highest BCUT2D eigenvalue weighted by molar-refractivity contribution is 5.33. The Morgan fingerprint density at radius 1 is 1.32 bits per heavy atom. The molecule has 0 unspecified atom stereocenters. The molecule has 3 nitrogen and oxygen atoms in total. The summed E-state index contributed by atoms with van der Waals surface area (Å²) in [5.41, 5.74) is 4.20. The van der Waals surface area contributed by atoms with Crippen LogP contribution in [0.1, 0.15) is 29.5 Å². The smallest absolute Gasteiger partial charge is 0.0703 e. The van der Waals surface area contributed by atoms with Crippen molar-refractivity contribution in [2.45, 2.75) is 39.3 Å². The van der Waals surface area contributed by atoms with Gasteiger partial charge in [0.05, 0.1) is 19.3 Å². The van der Waals surface area contributed by atoms with E-state index in [0.29, 0.717) is 6.61 Å². The molecule has 0 aromatic heterocycles. The van der Waals surface area contributed by atoms with Gasteiger partial charge >= 0.3 is 0 Å². The van der Waals surface area contributed by atoms with E-state index in [2.05, 4.69) is 36.9 Å². The second kappa shape index (κ2) is 7.04. The lowest BCUT2D eigenvalue weighted by molar-refractivity contribution is -0.0163. The fourth-order valence-corrected chi connectivity index (χ4v) is 2.83. The topological polar surface area (TPSA) is 32.7 Å². The fourth-order valence-electron chi connectivity index (χ4n) is 2.83. The summed E-state index contributed by atoms with van der Waals surface area (Å²) in [7, 11) is 0. The lowest BCUT2D eigenvalue weighted by Gasteiger charge is -2.33. The van der Waals surface area contributed by atoms with Crippen LogP contribution in [0.2, 0.25) is 0 Å². The van der Waals surface area contributed by atoms with Gasteiger partial charge in [-0.25, -0.2) is 0 Å². The first-order valence-corrected chi connectivity index (χ1v) is 7.20.